The van der Waals surface area contributed by atoms with Gasteiger partial charge in [-0.2, -0.15) is 0 Å². The molecule has 0 bridgehead atoms. The van der Waals surface area contributed by atoms with Gasteiger partial charge in [0.25, 0.3) is 0 Å². The smallest absolute Gasteiger partial charge is 0.224 e. The quantitative estimate of drug-likeness (QED) is 0.850. The molecule has 0 fully saturated rings. The van der Waals surface area contributed by atoms with Crippen molar-refractivity contribution in [2.45, 2.75) is 18.8 Å². The Morgan fingerprint density at radius 3 is 2.63 bits per heavy atom. The van der Waals surface area contributed by atoms with Crippen LogP contribution in [0, 0.1) is 0 Å². The number of benzene rings is 1. The van der Waals surface area contributed by atoms with E-state index in [-0.39, 0.29) is 11.8 Å². The summed E-state index contributed by atoms with van der Waals surface area (Å²) in [6.45, 7) is 0.582. The maximum Gasteiger partial charge on any atom is 0.224 e. The Bertz CT molecular complexity index is 496. The first-order valence-corrected chi connectivity index (χ1v) is 7.26. The van der Waals surface area contributed by atoms with Gasteiger partial charge in [0.05, 0.1) is 0 Å². The van der Waals surface area contributed by atoms with Crippen molar-refractivity contribution in [2.75, 3.05) is 11.9 Å². The van der Waals surface area contributed by atoms with Crippen molar-refractivity contribution in [1.82, 2.24) is 0 Å². The minimum absolute atomic E-state index is 0.0428. The molecule has 1 atom stereocenters. The molecule has 3 nitrogen and oxygen atoms in total. The number of rotatable bonds is 6. The van der Waals surface area contributed by atoms with Crippen molar-refractivity contribution >= 4 is 22.9 Å². The lowest BCUT2D eigenvalue weighted by molar-refractivity contribution is -0.116. The predicted molar refractivity (Wildman–Crippen MR) is 80.4 cm³/mol. The Labute approximate surface area is 117 Å². The largest absolute Gasteiger partial charge is 0.330 e. The van der Waals surface area contributed by atoms with Crippen LogP contribution in [0.1, 0.15) is 23.6 Å². The standard InChI is InChI=1S/C15H18N2OS/c16-11-12(14-7-4-10-19-14)8-9-15(18)17-13-5-2-1-3-6-13/h1-7,10,12H,8-9,11,16H2,(H,17,18). The lowest BCUT2D eigenvalue weighted by Gasteiger charge is -2.12. The third-order valence-electron chi connectivity index (χ3n) is 3.01. The van der Waals surface area contributed by atoms with Crippen LogP contribution in [0.25, 0.3) is 0 Å². The molecule has 4 heteroatoms. The molecular weight excluding hydrogens is 256 g/mol. The number of anilines is 1. The lowest BCUT2D eigenvalue weighted by Crippen LogP contribution is -2.16. The van der Waals surface area contributed by atoms with Crippen molar-refractivity contribution in [2.24, 2.45) is 5.73 Å². The molecule has 0 aliphatic carbocycles. The van der Waals surface area contributed by atoms with Gasteiger partial charge in [-0.3, -0.25) is 4.79 Å². The van der Waals surface area contributed by atoms with Crippen LogP contribution in [-0.4, -0.2) is 12.5 Å². The molecule has 1 aromatic carbocycles. The van der Waals surface area contributed by atoms with Crippen LogP contribution < -0.4 is 11.1 Å². The van der Waals surface area contributed by atoms with E-state index < -0.39 is 0 Å². The van der Waals surface area contributed by atoms with Gasteiger partial charge in [-0.15, -0.1) is 11.3 Å². The van der Waals surface area contributed by atoms with Gasteiger partial charge in [0.1, 0.15) is 0 Å². The van der Waals surface area contributed by atoms with Gasteiger partial charge in [0.2, 0.25) is 5.91 Å². The van der Waals surface area contributed by atoms with Crippen LogP contribution >= 0.6 is 11.3 Å². The molecule has 0 saturated heterocycles. The Hall–Kier alpha value is -1.65. The van der Waals surface area contributed by atoms with Crippen molar-refractivity contribution in [3.8, 4) is 0 Å². The van der Waals surface area contributed by atoms with E-state index in [0.717, 1.165) is 12.1 Å². The number of para-hydroxylation sites is 1. The summed E-state index contributed by atoms with van der Waals surface area (Å²) in [7, 11) is 0. The highest BCUT2D eigenvalue weighted by Gasteiger charge is 2.13. The van der Waals surface area contributed by atoms with Crippen LogP contribution in [0.2, 0.25) is 0 Å². The molecule has 19 heavy (non-hydrogen) atoms. The first-order valence-electron chi connectivity index (χ1n) is 6.38. The topological polar surface area (TPSA) is 55.1 Å². The van der Waals surface area contributed by atoms with E-state index in [9.17, 15) is 4.79 Å². The number of carbonyl (C=O) groups is 1. The molecule has 1 heterocycles. The van der Waals surface area contributed by atoms with Gasteiger partial charge >= 0.3 is 0 Å². The van der Waals surface area contributed by atoms with Crippen LogP contribution in [0.3, 0.4) is 0 Å². The van der Waals surface area contributed by atoms with Crippen molar-refractivity contribution < 1.29 is 4.79 Å². The third kappa shape index (κ3) is 4.19. The molecule has 1 aromatic heterocycles. The molecule has 2 rings (SSSR count). The van der Waals surface area contributed by atoms with E-state index in [1.54, 1.807) is 11.3 Å². The van der Waals surface area contributed by atoms with E-state index in [0.29, 0.717) is 13.0 Å². The lowest BCUT2D eigenvalue weighted by atomic mass is 10.0. The summed E-state index contributed by atoms with van der Waals surface area (Å²) in [5.41, 5.74) is 6.62. The average Bonchev–Trinajstić information content (AvgIpc) is 2.95. The van der Waals surface area contributed by atoms with Crippen molar-refractivity contribution in [3.05, 3.63) is 52.7 Å². The van der Waals surface area contributed by atoms with E-state index in [4.69, 9.17) is 5.73 Å². The number of hydrogen-bond acceptors (Lipinski definition) is 3. The zero-order chi connectivity index (χ0) is 13.5. The Balaban J connectivity index is 1.83. The molecular formula is C15H18N2OS. The number of nitrogens with one attached hydrogen (secondary N) is 1. The van der Waals surface area contributed by atoms with E-state index >= 15 is 0 Å². The Morgan fingerprint density at radius 1 is 1.21 bits per heavy atom. The van der Waals surface area contributed by atoms with Crippen LogP contribution in [0.5, 0.6) is 0 Å². The van der Waals surface area contributed by atoms with Gasteiger partial charge in [-0.1, -0.05) is 24.3 Å². The zero-order valence-electron chi connectivity index (χ0n) is 10.7. The number of thiophene rings is 1. The summed E-state index contributed by atoms with van der Waals surface area (Å²) in [6.07, 6.45) is 1.28. The second-order valence-electron chi connectivity index (χ2n) is 4.40. The van der Waals surface area contributed by atoms with Gasteiger partial charge in [-0.05, 0) is 36.5 Å². The molecule has 100 valence electrons. The number of hydrogen-bond donors (Lipinski definition) is 2. The summed E-state index contributed by atoms with van der Waals surface area (Å²) in [4.78, 5) is 13.1. The molecule has 1 unspecified atom stereocenters. The predicted octanol–water partition coefficient (Wildman–Crippen LogP) is 3.21. The van der Waals surface area contributed by atoms with Crippen molar-refractivity contribution in [3.63, 3.8) is 0 Å². The molecule has 3 N–H and O–H groups in total. The summed E-state index contributed by atoms with van der Waals surface area (Å²) in [5.74, 6) is 0.322. The van der Waals surface area contributed by atoms with Crippen LogP contribution in [-0.2, 0) is 4.79 Å². The second kappa shape index (κ2) is 7.07. The highest BCUT2D eigenvalue weighted by atomic mass is 32.1. The van der Waals surface area contributed by atoms with Gasteiger partial charge in [0.15, 0.2) is 0 Å². The van der Waals surface area contributed by atoms with Crippen molar-refractivity contribution in [1.29, 1.82) is 0 Å². The SMILES string of the molecule is NCC(CCC(=O)Nc1ccccc1)c1cccs1. The fourth-order valence-corrected chi connectivity index (χ4v) is 2.83. The second-order valence-corrected chi connectivity index (χ2v) is 5.38. The highest BCUT2D eigenvalue weighted by Crippen LogP contribution is 2.24. The number of amides is 1. The van der Waals surface area contributed by atoms with E-state index in [1.165, 1.54) is 4.88 Å². The number of nitrogens with two attached hydrogens (primary N) is 1. The molecule has 0 aliphatic heterocycles. The minimum atomic E-state index is 0.0428. The van der Waals surface area contributed by atoms with Crippen LogP contribution in [0.4, 0.5) is 5.69 Å². The molecule has 0 spiro atoms. The van der Waals surface area contributed by atoms with Gasteiger partial charge in [-0.25, -0.2) is 0 Å². The third-order valence-corrected chi connectivity index (χ3v) is 4.04. The summed E-state index contributed by atoms with van der Waals surface area (Å²) >= 11 is 1.70. The number of carbonyl (C=O) groups excluding carboxylic acids is 1. The average molecular weight is 274 g/mol. The van der Waals surface area contributed by atoms with E-state index in [2.05, 4.69) is 11.4 Å². The monoisotopic (exact) mass is 274 g/mol. The minimum Gasteiger partial charge on any atom is -0.330 e. The fourth-order valence-electron chi connectivity index (χ4n) is 1.95. The molecule has 0 radical (unpaired) electrons. The highest BCUT2D eigenvalue weighted by molar-refractivity contribution is 7.10. The summed E-state index contributed by atoms with van der Waals surface area (Å²) < 4.78 is 0. The zero-order valence-corrected chi connectivity index (χ0v) is 11.5. The first-order chi connectivity index (χ1) is 9.29. The molecule has 0 aliphatic rings. The Kier molecular flexibility index (Phi) is 5.12. The molecule has 1 amide bonds. The fraction of sp³-hybridized carbons (Fsp3) is 0.267. The normalized spacial score (nSPS) is 12.1. The first kappa shape index (κ1) is 13.8. The van der Waals surface area contributed by atoms with E-state index in [1.807, 2.05) is 41.8 Å². The summed E-state index contributed by atoms with van der Waals surface area (Å²) in [5, 5.41) is 4.93. The molecule has 0 saturated carbocycles. The van der Waals surface area contributed by atoms with Gasteiger partial charge < -0.3 is 11.1 Å². The van der Waals surface area contributed by atoms with Crippen LogP contribution in [0.15, 0.2) is 47.8 Å². The van der Waals surface area contributed by atoms with Gasteiger partial charge in [0, 0.05) is 22.9 Å². The Morgan fingerprint density at radius 2 is 2.00 bits per heavy atom. The molecule has 2 aromatic rings. The summed E-state index contributed by atoms with van der Waals surface area (Å²) in [6, 6.07) is 13.6. The maximum absolute atomic E-state index is 11.9. The maximum atomic E-state index is 11.9.